The van der Waals surface area contributed by atoms with Crippen LogP contribution in [0.4, 0.5) is 10.1 Å². The molecular formula is C8H3ClFN3O3. The van der Waals surface area contributed by atoms with E-state index in [1.54, 1.807) is 0 Å². The zero-order valence-electron chi connectivity index (χ0n) is 7.55. The van der Waals surface area contributed by atoms with Crippen molar-refractivity contribution in [3.63, 3.8) is 0 Å². The Bertz CT molecular complexity index is 557. The zero-order chi connectivity index (χ0) is 11.7. The van der Waals surface area contributed by atoms with Crippen LogP contribution in [0.25, 0.3) is 11.5 Å². The first-order valence-electron chi connectivity index (χ1n) is 4.01. The lowest BCUT2D eigenvalue weighted by atomic mass is 10.2. The van der Waals surface area contributed by atoms with Gasteiger partial charge in [0.1, 0.15) is 11.4 Å². The highest BCUT2D eigenvalue weighted by Crippen LogP contribution is 2.30. The van der Waals surface area contributed by atoms with Gasteiger partial charge in [-0.2, -0.15) is 0 Å². The topological polar surface area (TPSA) is 82.1 Å². The number of hydrogen-bond donors (Lipinski definition) is 0. The summed E-state index contributed by atoms with van der Waals surface area (Å²) in [5.41, 5.74) is -0.439. The molecule has 0 radical (unpaired) electrons. The first kappa shape index (κ1) is 10.5. The lowest BCUT2D eigenvalue weighted by Gasteiger charge is -1.97. The molecule has 0 amide bonds. The van der Waals surface area contributed by atoms with Gasteiger partial charge in [-0.3, -0.25) is 10.1 Å². The molecule has 0 unspecified atom stereocenters. The van der Waals surface area contributed by atoms with Gasteiger partial charge in [-0.25, -0.2) is 4.39 Å². The normalized spacial score (nSPS) is 10.4. The highest BCUT2D eigenvalue weighted by atomic mass is 35.5. The third-order valence-corrected chi connectivity index (χ3v) is 1.94. The number of nitro groups is 1. The Kier molecular flexibility index (Phi) is 2.53. The number of benzene rings is 1. The van der Waals surface area contributed by atoms with Crippen LogP contribution in [-0.4, -0.2) is 15.1 Å². The number of hydrogen-bond acceptors (Lipinski definition) is 5. The Morgan fingerprint density at radius 3 is 2.75 bits per heavy atom. The lowest BCUT2D eigenvalue weighted by Crippen LogP contribution is -1.93. The fraction of sp³-hybridized carbons (Fsp3) is 0. The third-order valence-electron chi connectivity index (χ3n) is 1.79. The molecule has 1 heterocycles. The molecule has 0 atom stereocenters. The van der Waals surface area contributed by atoms with Gasteiger partial charge in [0.05, 0.1) is 4.92 Å². The molecular weight excluding hydrogens is 241 g/mol. The number of halogens is 2. The van der Waals surface area contributed by atoms with E-state index in [0.717, 1.165) is 18.2 Å². The summed E-state index contributed by atoms with van der Waals surface area (Å²) in [6.07, 6.45) is 0. The summed E-state index contributed by atoms with van der Waals surface area (Å²) in [6.45, 7) is 0. The summed E-state index contributed by atoms with van der Waals surface area (Å²) in [4.78, 5) is 10.00. The molecule has 1 aromatic carbocycles. The van der Waals surface area contributed by atoms with E-state index in [-0.39, 0.29) is 22.5 Å². The molecule has 2 aromatic rings. The van der Waals surface area contributed by atoms with Crippen molar-refractivity contribution in [2.24, 2.45) is 0 Å². The molecule has 1 aromatic heterocycles. The Hall–Kier alpha value is -2.02. The maximum absolute atomic E-state index is 13.0. The van der Waals surface area contributed by atoms with Crippen LogP contribution in [0.2, 0.25) is 5.35 Å². The SMILES string of the molecule is O=[N+]([O-])c1ccc(F)cc1-c1nnc(Cl)o1. The molecule has 2 rings (SSSR count). The number of rotatable bonds is 2. The maximum Gasteiger partial charge on any atom is 0.313 e. The third kappa shape index (κ3) is 1.84. The van der Waals surface area contributed by atoms with E-state index in [1.807, 2.05) is 0 Å². The van der Waals surface area contributed by atoms with E-state index >= 15 is 0 Å². The lowest BCUT2D eigenvalue weighted by molar-refractivity contribution is -0.384. The summed E-state index contributed by atoms with van der Waals surface area (Å²) in [7, 11) is 0. The smallest absolute Gasteiger partial charge is 0.313 e. The van der Waals surface area contributed by atoms with E-state index < -0.39 is 10.7 Å². The quantitative estimate of drug-likeness (QED) is 0.598. The van der Waals surface area contributed by atoms with Crippen molar-refractivity contribution in [3.8, 4) is 11.5 Å². The van der Waals surface area contributed by atoms with Crippen LogP contribution in [0, 0.1) is 15.9 Å². The molecule has 6 nitrogen and oxygen atoms in total. The molecule has 82 valence electrons. The summed E-state index contributed by atoms with van der Waals surface area (Å²) in [5.74, 6) is -0.842. The largest absolute Gasteiger partial charge is 0.407 e. The van der Waals surface area contributed by atoms with Crippen LogP contribution >= 0.6 is 11.6 Å². The molecule has 0 fully saturated rings. The molecule has 16 heavy (non-hydrogen) atoms. The molecule has 0 N–H and O–H groups in total. The zero-order valence-corrected chi connectivity index (χ0v) is 8.31. The van der Waals surface area contributed by atoms with Gasteiger partial charge in [0, 0.05) is 6.07 Å². The summed E-state index contributed by atoms with van der Waals surface area (Å²) in [5, 5.41) is 17.2. The predicted octanol–water partition coefficient (Wildman–Crippen LogP) is 2.44. The van der Waals surface area contributed by atoms with Crippen LogP contribution in [0.3, 0.4) is 0 Å². The Morgan fingerprint density at radius 1 is 1.44 bits per heavy atom. The van der Waals surface area contributed by atoms with Crippen LogP contribution in [0.1, 0.15) is 0 Å². The van der Waals surface area contributed by atoms with Crippen molar-refractivity contribution in [2.45, 2.75) is 0 Å². The van der Waals surface area contributed by atoms with Gasteiger partial charge in [0.25, 0.3) is 11.6 Å². The number of nitro benzene ring substituents is 1. The summed E-state index contributed by atoms with van der Waals surface area (Å²) < 4.78 is 17.7. The second-order valence-corrected chi connectivity index (χ2v) is 3.10. The van der Waals surface area contributed by atoms with Gasteiger partial charge in [-0.05, 0) is 23.7 Å². The van der Waals surface area contributed by atoms with Gasteiger partial charge in [0.2, 0.25) is 0 Å². The Labute approximate surface area is 92.8 Å². The molecule has 0 saturated heterocycles. The highest BCUT2D eigenvalue weighted by molar-refractivity contribution is 6.27. The Balaban J connectivity index is 2.62. The average Bonchev–Trinajstić information content (AvgIpc) is 2.64. The van der Waals surface area contributed by atoms with Gasteiger partial charge < -0.3 is 4.42 Å². The maximum atomic E-state index is 13.0. The van der Waals surface area contributed by atoms with Gasteiger partial charge in [0.15, 0.2) is 0 Å². The number of nitrogens with zero attached hydrogens (tertiary/aromatic N) is 3. The predicted molar refractivity (Wildman–Crippen MR) is 51.4 cm³/mol. The van der Waals surface area contributed by atoms with E-state index in [0.29, 0.717) is 0 Å². The van der Waals surface area contributed by atoms with E-state index in [2.05, 4.69) is 10.2 Å². The molecule has 0 spiro atoms. The van der Waals surface area contributed by atoms with Crippen molar-refractivity contribution in [2.75, 3.05) is 0 Å². The van der Waals surface area contributed by atoms with Crippen molar-refractivity contribution in [3.05, 3.63) is 39.5 Å². The molecule has 0 bridgehead atoms. The van der Waals surface area contributed by atoms with Crippen LogP contribution in [-0.2, 0) is 0 Å². The minimum atomic E-state index is -0.674. The first-order chi connectivity index (χ1) is 7.58. The molecule has 8 heteroatoms. The molecule has 0 aliphatic carbocycles. The molecule has 0 saturated carbocycles. The van der Waals surface area contributed by atoms with E-state index in [1.165, 1.54) is 0 Å². The van der Waals surface area contributed by atoms with Crippen molar-refractivity contribution < 1.29 is 13.7 Å². The van der Waals surface area contributed by atoms with Crippen LogP contribution < -0.4 is 0 Å². The second-order valence-electron chi connectivity index (χ2n) is 2.78. The monoisotopic (exact) mass is 243 g/mol. The van der Waals surface area contributed by atoms with Crippen LogP contribution in [0.15, 0.2) is 22.6 Å². The molecule has 0 aliphatic rings. The fourth-order valence-corrected chi connectivity index (χ4v) is 1.26. The Morgan fingerprint density at radius 2 is 2.19 bits per heavy atom. The van der Waals surface area contributed by atoms with Crippen molar-refractivity contribution in [1.82, 2.24) is 10.2 Å². The minimum Gasteiger partial charge on any atom is -0.407 e. The molecule has 0 aliphatic heterocycles. The van der Waals surface area contributed by atoms with Crippen molar-refractivity contribution in [1.29, 1.82) is 0 Å². The number of aromatic nitrogens is 2. The van der Waals surface area contributed by atoms with Gasteiger partial charge >= 0.3 is 5.35 Å². The minimum absolute atomic E-state index is 0.107. The van der Waals surface area contributed by atoms with Crippen molar-refractivity contribution >= 4 is 17.3 Å². The second kappa shape index (κ2) is 3.86. The highest BCUT2D eigenvalue weighted by Gasteiger charge is 2.20. The van der Waals surface area contributed by atoms with Gasteiger partial charge in [-0.1, -0.05) is 5.10 Å². The van der Waals surface area contributed by atoms with Gasteiger partial charge in [-0.15, -0.1) is 5.10 Å². The summed E-state index contributed by atoms with van der Waals surface area (Å²) in [6, 6.07) is 2.92. The summed E-state index contributed by atoms with van der Waals surface area (Å²) >= 11 is 5.38. The standard InChI is InChI=1S/C8H3ClFN3O3/c9-8-12-11-7(16-8)5-3-4(10)1-2-6(5)13(14)15/h1-3H. The van der Waals surface area contributed by atoms with Crippen LogP contribution in [0.5, 0.6) is 0 Å². The fourth-order valence-electron chi connectivity index (χ4n) is 1.15. The van der Waals surface area contributed by atoms with E-state index in [9.17, 15) is 14.5 Å². The average molecular weight is 244 g/mol. The first-order valence-corrected chi connectivity index (χ1v) is 4.39. The van der Waals surface area contributed by atoms with E-state index in [4.69, 9.17) is 16.0 Å².